The van der Waals surface area contributed by atoms with Gasteiger partial charge >= 0.3 is 0 Å². The summed E-state index contributed by atoms with van der Waals surface area (Å²) in [6.07, 6.45) is 4.25. The van der Waals surface area contributed by atoms with Crippen molar-refractivity contribution >= 4 is 0 Å². The number of fused-ring (bicyclic) bond motifs is 1. The lowest BCUT2D eigenvalue weighted by atomic mass is 9.91. The second-order valence-corrected chi connectivity index (χ2v) is 3.97. The van der Waals surface area contributed by atoms with Gasteiger partial charge in [0.2, 0.25) is 0 Å². The van der Waals surface area contributed by atoms with Gasteiger partial charge in [-0.25, -0.2) is 0 Å². The summed E-state index contributed by atoms with van der Waals surface area (Å²) >= 11 is 0. The third-order valence-corrected chi connectivity index (χ3v) is 3.07. The van der Waals surface area contributed by atoms with Crippen molar-refractivity contribution in [3.8, 4) is 0 Å². The third kappa shape index (κ3) is 1.60. The summed E-state index contributed by atoms with van der Waals surface area (Å²) in [5.41, 5.74) is 3.00. The molecule has 2 rings (SSSR count). The highest BCUT2D eigenvalue weighted by atomic mass is 15.1. The highest BCUT2D eigenvalue weighted by Crippen LogP contribution is 2.30. The van der Waals surface area contributed by atoms with Crippen LogP contribution in [0.15, 0.2) is 36.9 Å². The molecule has 0 N–H and O–H groups in total. The predicted octanol–water partition coefficient (Wildman–Crippen LogP) is 2.79. The minimum Gasteiger partial charge on any atom is -0.299 e. The third-order valence-electron chi connectivity index (χ3n) is 3.07. The zero-order valence-corrected chi connectivity index (χ0v) is 8.74. The van der Waals surface area contributed by atoms with Crippen molar-refractivity contribution in [2.45, 2.75) is 18.9 Å². The summed E-state index contributed by atoms with van der Waals surface area (Å²) in [6.45, 7) is 5.00. The molecule has 1 aliphatic rings. The van der Waals surface area contributed by atoms with Crippen LogP contribution in [0, 0.1) is 0 Å². The van der Waals surface area contributed by atoms with Crippen LogP contribution in [-0.4, -0.2) is 18.5 Å². The number of likely N-dealkylation sites (N-methyl/N-ethyl adjacent to an activating group) is 1. The number of rotatable bonds is 2. The van der Waals surface area contributed by atoms with E-state index in [1.54, 1.807) is 0 Å². The van der Waals surface area contributed by atoms with Crippen LogP contribution < -0.4 is 0 Å². The average molecular weight is 187 g/mol. The van der Waals surface area contributed by atoms with E-state index in [2.05, 4.69) is 42.8 Å². The highest BCUT2D eigenvalue weighted by molar-refractivity contribution is 5.32. The maximum Gasteiger partial charge on any atom is 0.0382 e. The molecule has 0 aliphatic carbocycles. The Balaban J connectivity index is 2.35. The molecule has 1 aliphatic heterocycles. The largest absolute Gasteiger partial charge is 0.299 e. The fourth-order valence-electron chi connectivity index (χ4n) is 2.24. The Morgan fingerprint density at radius 3 is 3.07 bits per heavy atom. The van der Waals surface area contributed by atoms with E-state index in [-0.39, 0.29) is 0 Å². The van der Waals surface area contributed by atoms with Gasteiger partial charge in [0.05, 0.1) is 0 Å². The van der Waals surface area contributed by atoms with Crippen molar-refractivity contribution < 1.29 is 0 Å². The standard InChI is InChI=1S/C13H17N/c1-3-6-13-12-8-5-4-7-11(12)9-10-14(13)2/h3-5,7-8,13H,1,6,9-10H2,2H3. The van der Waals surface area contributed by atoms with Crippen LogP contribution in [-0.2, 0) is 6.42 Å². The lowest BCUT2D eigenvalue weighted by molar-refractivity contribution is 0.232. The average Bonchev–Trinajstić information content (AvgIpc) is 2.23. The Morgan fingerprint density at radius 2 is 2.29 bits per heavy atom. The van der Waals surface area contributed by atoms with E-state index >= 15 is 0 Å². The van der Waals surface area contributed by atoms with Crippen LogP contribution in [0.1, 0.15) is 23.6 Å². The second-order valence-electron chi connectivity index (χ2n) is 3.97. The number of hydrogen-bond donors (Lipinski definition) is 0. The van der Waals surface area contributed by atoms with Gasteiger partial charge in [-0.05, 0) is 31.0 Å². The second kappa shape index (κ2) is 3.97. The minimum atomic E-state index is 0.539. The van der Waals surface area contributed by atoms with E-state index < -0.39 is 0 Å². The van der Waals surface area contributed by atoms with Gasteiger partial charge in [-0.1, -0.05) is 30.3 Å². The first-order valence-electron chi connectivity index (χ1n) is 5.22. The summed E-state index contributed by atoms with van der Waals surface area (Å²) < 4.78 is 0. The van der Waals surface area contributed by atoms with Gasteiger partial charge in [0.1, 0.15) is 0 Å². The molecule has 0 bridgehead atoms. The van der Waals surface area contributed by atoms with E-state index in [1.807, 2.05) is 6.08 Å². The monoisotopic (exact) mass is 187 g/mol. The molecular formula is C13H17N. The molecule has 1 atom stereocenters. The van der Waals surface area contributed by atoms with E-state index in [9.17, 15) is 0 Å². The lowest BCUT2D eigenvalue weighted by Crippen LogP contribution is -2.31. The summed E-state index contributed by atoms with van der Waals surface area (Å²) in [5.74, 6) is 0. The Labute approximate surface area is 86.1 Å². The van der Waals surface area contributed by atoms with Gasteiger partial charge < -0.3 is 0 Å². The first kappa shape index (κ1) is 9.47. The molecular weight excluding hydrogens is 170 g/mol. The smallest absolute Gasteiger partial charge is 0.0382 e. The topological polar surface area (TPSA) is 3.24 Å². The SMILES string of the molecule is C=CCC1c2ccccc2CCN1C. The molecule has 1 nitrogen and oxygen atoms in total. The summed E-state index contributed by atoms with van der Waals surface area (Å²) in [4.78, 5) is 2.42. The van der Waals surface area contributed by atoms with Crippen LogP contribution in [0.5, 0.6) is 0 Å². The molecule has 0 fully saturated rings. The van der Waals surface area contributed by atoms with Gasteiger partial charge in [0.15, 0.2) is 0 Å². The maximum absolute atomic E-state index is 3.84. The molecule has 1 heterocycles. The van der Waals surface area contributed by atoms with Gasteiger partial charge in [-0.3, -0.25) is 4.90 Å². The molecule has 74 valence electrons. The van der Waals surface area contributed by atoms with Crippen LogP contribution in [0.3, 0.4) is 0 Å². The highest BCUT2D eigenvalue weighted by Gasteiger charge is 2.22. The number of nitrogens with zero attached hydrogens (tertiary/aromatic N) is 1. The molecule has 0 radical (unpaired) electrons. The summed E-state index contributed by atoms with van der Waals surface area (Å²) in [7, 11) is 2.20. The first-order chi connectivity index (χ1) is 6.83. The van der Waals surface area contributed by atoms with E-state index in [1.165, 1.54) is 17.5 Å². The van der Waals surface area contributed by atoms with Crippen molar-refractivity contribution in [2.24, 2.45) is 0 Å². The van der Waals surface area contributed by atoms with E-state index in [0.29, 0.717) is 6.04 Å². The van der Waals surface area contributed by atoms with Crippen LogP contribution in [0.25, 0.3) is 0 Å². The molecule has 14 heavy (non-hydrogen) atoms. The van der Waals surface area contributed by atoms with E-state index in [4.69, 9.17) is 0 Å². The lowest BCUT2D eigenvalue weighted by Gasteiger charge is -2.34. The Bertz CT molecular complexity index is 330. The van der Waals surface area contributed by atoms with Crippen molar-refractivity contribution in [2.75, 3.05) is 13.6 Å². The molecule has 0 aromatic heterocycles. The molecule has 1 heteroatoms. The van der Waals surface area contributed by atoms with Gasteiger partial charge in [-0.15, -0.1) is 6.58 Å². The predicted molar refractivity (Wildman–Crippen MR) is 60.3 cm³/mol. The molecule has 0 saturated carbocycles. The first-order valence-corrected chi connectivity index (χ1v) is 5.22. The fourth-order valence-corrected chi connectivity index (χ4v) is 2.24. The van der Waals surface area contributed by atoms with E-state index in [0.717, 1.165) is 13.0 Å². The zero-order chi connectivity index (χ0) is 9.97. The number of benzene rings is 1. The van der Waals surface area contributed by atoms with Crippen LogP contribution >= 0.6 is 0 Å². The molecule has 0 saturated heterocycles. The molecule has 1 aromatic rings. The van der Waals surface area contributed by atoms with Crippen molar-refractivity contribution in [1.29, 1.82) is 0 Å². The Hall–Kier alpha value is -1.08. The summed E-state index contributed by atoms with van der Waals surface area (Å²) in [6, 6.07) is 9.30. The number of hydrogen-bond acceptors (Lipinski definition) is 1. The van der Waals surface area contributed by atoms with Crippen LogP contribution in [0.2, 0.25) is 0 Å². The quantitative estimate of drug-likeness (QED) is 0.643. The van der Waals surface area contributed by atoms with Crippen molar-refractivity contribution in [3.63, 3.8) is 0 Å². The Kier molecular flexibility index (Phi) is 2.69. The molecule has 1 aromatic carbocycles. The molecule has 1 unspecified atom stereocenters. The van der Waals surface area contributed by atoms with Gasteiger partial charge in [0, 0.05) is 12.6 Å². The van der Waals surface area contributed by atoms with Crippen molar-refractivity contribution in [3.05, 3.63) is 48.0 Å². The Morgan fingerprint density at radius 1 is 1.50 bits per heavy atom. The summed E-state index contributed by atoms with van der Waals surface area (Å²) in [5, 5.41) is 0. The fraction of sp³-hybridized carbons (Fsp3) is 0.385. The molecule has 0 spiro atoms. The van der Waals surface area contributed by atoms with Gasteiger partial charge in [0.25, 0.3) is 0 Å². The van der Waals surface area contributed by atoms with Crippen molar-refractivity contribution in [1.82, 2.24) is 4.90 Å². The normalized spacial score (nSPS) is 21.6. The van der Waals surface area contributed by atoms with Gasteiger partial charge in [-0.2, -0.15) is 0 Å². The maximum atomic E-state index is 3.84. The minimum absolute atomic E-state index is 0.539. The zero-order valence-electron chi connectivity index (χ0n) is 8.74. The molecule has 0 amide bonds. The van der Waals surface area contributed by atoms with Crippen LogP contribution in [0.4, 0.5) is 0 Å².